The van der Waals surface area contributed by atoms with Crippen LogP contribution in [0.2, 0.25) is 5.02 Å². The first-order valence-electron chi connectivity index (χ1n) is 9.19. The maximum absolute atomic E-state index is 13.1. The van der Waals surface area contributed by atoms with E-state index in [0.717, 1.165) is 21.3 Å². The molecule has 0 aliphatic rings. The van der Waals surface area contributed by atoms with Gasteiger partial charge < -0.3 is 4.74 Å². The minimum absolute atomic E-state index is 0.0611. The van der Waals surface area contributed by atoms with E-state index in [1.807, 2.05) is 73.7 Å². The Kier molecular flexibility index (Phi) is 5.79. The van der Waals surface area contributed by atoms with E-state index < -0.39 is 0 Å². The summed E-state index contributed by atoms with van der Waals surface area (Å²) >= 11 is 7.56. The van der Waals surface area contributed by atoms with Crippen molar-refractivity contribution in [3.8, 4) is 5.75 Å². The molecule has 0 bridgehead atoms. The molecule has 1 aromatic heterocycles. The number of para-hydroxylation sites is 1. The first-order valence-corrected chi connectivity index (χ1v) is 10.4. The van der Waals surface area contributed by atoms with E-state index in [4.69, 9.17) is 16.3 Å². The van der Waals surface area contributed by atoms with E-state index >= 15 is 0 Å². The van der Waals surface area contributed by atoms with Gasteiger partial charge in [-0.15, -0.1) is 0 Å². The topological polar surface area (TPSA) is 42.4 Å². The lowest BCUT2D eigenvalue weighted by molar-refractivity contribution is -0.120. The quantitative estimate of drug-likeness (QED) is 0.390. The summed E-state index contributed by atoms with van der Waals surface area (Å²) in [6.45, 7) is 2.32. The van der Waals surface area contributed by atoms with Crippen molar-refractivity contribution in [3.05, 3.63) is 88.9 Å². The molecule has 0 unspecified atom stereocenters. The van der Waals surface area contributed by atoms with Crippen LogP contribution in [0.5, 0.6) is 5.75 Å². The van der Waals surface area contributed by atoms with Crippen LogP contribution in [-0.2, 0) is 11.3 Å². The first-order chi connectivity index (χ1) is 14.1. The monoisotopic (exact) mass is 422 g/mol. The number of anilines is 1. The third-order valence-corrected chi connectivity index (χ3v) is 5.78. The van der Waals surface area contributed by atoms with Gasteiger partial charge in [0.2, 0.25) is 0 Å². The number of hydrogen-bond acceptors (Lipinski definition) is 4. The largest absolute Gasteiger partial charge is 0.483 e. The van der Waals surface area contributed by atoms with Gasteiger partial charge in [-0.2, -0.15) is 0 Å². The van der Waals surface area contributed by atoms with Gasteiger partial charge in [0.1, 0.15) is 5.75 Å². The second-order valence-electron chi connectivity index (χ2n) is 6.63. The van der Waals surface area contributed by atoms with Crippen molar-refractivity contribution in [1.82, 2.24) is 4.98 Å². The summed E-state index contributed by atoms with van der Waals surface area (Å²) in [4.78, 5) is 19.4. The number of hydrogen-bond donors (Lipinski definition) is 0. The highest BCUT2D eigenvalue weighted by Crippen LogP contribution is 2.31. The fraction of sp³-hybridized carbons (Fsp3) is 0.130. The molecule has 0 aliphatic heterocycles. The predicted octanol–water partition coefficient (Wildman–Crippen LogP) is 5.87. The van der Waals surface area contributed by atoms with Crippen molar-refractivity contribution < 1.29 is 9.53 Å². The van der Waals surface area contributed by atoms with Gasteiger partial charge in [-0.05, 0) is 42.3 Å². The standard InChI is InChI=1S/C23H19ClN2O2S/c1-16-7-5-6-10-20(16)28-15-22(27)26(14-17-8-3-2-4-9-17)23-25-19-12-11-18(24)13-21(19)29-23/h2-13H,14-15H2,1H3. The molecule has 0 atom stereocenters. The van der Waals surface area contributed by atoms with Gasteiger partial charge in [-0.25, -0.2) is 4.98 Å². The number of benzene rings is 3. The van der Waals surface area contributed by atoms with Crippen molar-refractivity contribution >= 4 is 44.2 Å². The summed E-state index contributed by atoms with van der Waals surface area (Å²) in [5.41, 5.74) is 2.83. The molecule has 4 aromatic rings. The molecule has 0 spiro atoms. The Morgan fingerprint density at radius 2 is 1.83 bits per heavy atom. The summed E-state index contributed by atoms with van der Waals surface area (Å²) in [6, 6.07) is 23.1. The van der Waals surface area contributed by atoms with Crippen LogP contribution in [0.3, 0.4) is 0 Å². The smallest absolute Gasteiger partial charge is 0.267 e. The van der Waals surface area contributed by atoms with E-state index in [-0.39, 0.29) is 12.5 Å². The minimum Gasteiger partial charge on any atom is -0.483 e. The van der Waals surface area contributed by atoms with Crippen LogP contribution in [0.15, 0.2) is 72.8 Å². The highest BCUT2D eigenvalue weighted by Gasteiger charge is 2.21. The number of rotatable bonds is 6. The number of ether oxygens (including phenoxy) is 1. The number of halogens is 1. The Morgan fingerprint density at radius 3 is 2.62 bits per heavy atom. The molecule has 6 heteroatoms. The zero-order valence-electron chi connectivity index (χ0n) is 15.8. The van der Waals surface area contributed by atoms with E-state index in [2.05, 4.69) is 4.98 Å². The van der Waals surface area contributed by atoms with Crippen molar-refractivity contribution in [1.29, 1.82) is 0 Å². The van der Waals surface area contributed by atoms with Crippen molar-refractivity contribution in [2.24, 2.45) is 0 Å². The average Bonchev–Trinajstić information content (AvgIpc) is 3.14. The molecule has 0 radical (unpaired) electrons. The molecule has 4 rings (SSSR count). The molecule has 146 valence electrons. The van der Waals surface area contributed by atoms with Gasteiger partial charge in [-0.1, -0.05) is 71.5 Å². The Morgan fingerprint density at radius 1 is 1.07 bits per heavy atom. The zero-order chi connectivity index (χ0) is 20.2. The maximum atomic E-state index is 13.1. The van der Waals surface area contributed by atoms with Crippen molar-refractivity contribution in [3.63, 3.8) is 0 Å². The fourth-order valence-corrected chi connectivity index (χ4v) is 4.22. The van der Waals surface area contributed by atoms with Crippen LogP contribution in [0.1, 0.15) is 11.1 Å². The lowest BCUT2D eigenvalue weighted by Gasteiger charge is -2.20. The molecule has 4 nitrogen and oxygen atoms in total. The minimum atomic E-state index is -0.151. The van der Waals surface area contributed by atoms with E-state index in [1.54, 1.807) is 11.0 Å². The SMILES string of the molecule is Cc1ccccc1OCC(=O)N(Cc1ccccc1)c1nc2ccc(Cl)cc2s1. The molecule has 29 heavy (non-hydrogen) atoms. The summed E-state index contributed by atoms with van der Waals surface area (Å²) in [6.07, 6.45) is 0. The van der Waals surface area contributed by atoms with E-state index in [0.29, 0.717) is 22.4 Å². The lowest BCUT2D eigenvalue weighted by atomic mass is 10.2. The predicted molar refractivity (Wildman–Crippen MR) is 119 cm³/mol. The van der Waals surface area contributed by atoms with Crippen LogP contribution in [-0.4, -0.2) is 17.5 Å². The Bertz CT molecular complexity index is 1140. The Labute approximate surface area is 178 Å². The van der Waals surface area contributed by atoms with E-state index in [9.17, 15) is 4.79 Å². The van der Waals surface area contributed by atoms with Crippen LogP contribution >= 0.6 is 22.9 Å². The van der Waals surface area contributed by atoms with E-state index in [1.165, 1.54) is 11.3 Å². The number of fused-ring (bicyclic) bond motifs is 1. The molecule has 0 saturated carbocycles. The number of amides is 1. The molecule has 0 fully saturated rings. The molecule has 0 saturated heterocycles. The zero-order valence-corrected chi connectivity index (χ0v) is 17.4. The molecular weight excluding hydrogens is 404 g/mol. The molecule has 3 aromatic carbocycles. The lowest BCUT2D eigenvalue weighted by Crippen LogP contribution is -2.34. The Hall–Kier alpha value is -2.89. The van der Waals surface area contributed by atoms with Crippen LogP contribution in [0.25, 0.3) is 10.2 Å². The van der Waals surface area contributed by atoms with Gasteiger partial charge in [-0.3, -0.25) is 9.69 Å². The second kappa shape index (κ2) is 8.64. The second-order valence-corrected chi connectivity index (χ2v) is 8.07. The van der Waals surface area contributed by atoms with Crippen LogP contribution in [0, 0.1) is 6.92 Å². The fourth-order valence-electron chi connectivity index (χ4n) is 2.97. The number of aromatic nitrogens is 1. The molecule has 1 amide bonds. The van der Waals surface area contributed by atoms with Gasteiger partial charge >= 0.3 is 0 Å². The van der Waals surface area contributed by atoms with Gasteiger partial charge in [0, 0.05) is 5.02 Å². The summed E-state index contributed by atoms with van der Waals surface area (Å²) in [5.74, 6) is 0.554. The highest BCUT2D eigenvalue weighted by atomic mass is 35.5. The summed E-state index contributed by atoms with van der Waals surface area (Å²) in [7, 11) is 0. The molecular formula is C23H19ClN2O2S. The van der Waals surface area contributed by atoms with Gasteiger partial charge in [0.15, 0.2) is 11.7 Å². The number of carbonyl (C=O) groups is 1. The molecule has 0 N–H and O–H groups in total. The van der Waals surface area contributed by atoms with Crippen LogP contribution < -0.4 is 9.64 Å². The Balaban J connectivity index is 1.61. The number of thiazole rings is 1. The highest BCUT2D eigenvalue weighted by molar-refractivity contribution is 7.22. The maximum Gasteiger partial charge on any atom is 0.267 e. The normalized spacial score (nSPS) is 10.8. The third kappa shape index (κ3) is 4.58. The van der Waals surface area contributed by atoms with Gasteiger partial charge in [0.25, 0.3) is 5.91 Å². The number of nitrogens with zero attached hydrogens (tertiary/aromatic N) is 2. The van der Waals surface area contributed by atoms with Gasteiger partial charge in [0.05, 0.1) is 16.8 Å². The molecule has 1 heterocycles. The number of carbonyl (C=O) groups excluding carboxylic acids is 1. The summed E-state index contributed by atoms with van der Waals surface area (Å²) < 4.78 is 6.74. The number of aryl methyl sites for hydroxylation is 1. The average molecular weight is 423 g/mol. The van der Waals surface area contributed by atoms with Crippen molar-refractivity contribution in [2.45, 2.75) is 13.5 Å². The first kappa shape index (κ1) is 19.4. The van der Waals surface area contributed by atoms with Crippen LogP contribution in [0.4, 0.5) is 5.13 Å². The third-order valence-electron chi connectivity index (χ3n) is 4.50. The molecule has 0 aliphatic carbocycles. The van der Waals surface area contributed by atoms with Crippen molar-refractivity contribution in [2.75, 3.05) is 11.5 Å². The summed E-state index contributed by atoms with van der Waals surface area (Å²) in [5, 5.41) is 1.28.